The topological polar surface area (TPSA) is 94.0 Å². The Hall–Kier alpha value is -1.43. The Balaban J connectivity index is 2.35. The predicted molar refractivity (Wildman–Crippen MR) is 72.5 cm³/mol. The molecule has 0 atom stereocenters. The number of amides is 1. The second-order valence-electron chi connectivity index (χ2n) is 4.83. The van der Waals surface area contributed by atoms with Gasteiger partial charge in [-0.2, -0.15) is 4.98 Å². The molecule has 108 valence electrons. The lowest BCUT2D eigenvalue weighted by Gasteiger charge is -2.31. The van der Waals surface area contributed by atoms with Crippen molar-refractivity contribution in [3.63, 3.8) is 0 Å². The number of nitrogens with zero attached hydrogens (tertiary/aromatic N) is 2. The van der Waals surface area contributed by atoms with Crippen LogP contribution in [0.25, 0.3) is 0 Å². The van der Waals surface area contributed by atoms with Crippen molar-refractivity contribution in [2.75, 3.05) is 6.54 Å². The summed E-state index contributed by atoms with van der Waals surface area (Å²) in [5, 5.41) is 6.75. The third kappa shape index (κ3) is 4.63. The van der Waals surface area contributed by atoms with E-state index in [0.717, 1.165) is 12.8 Å². The molecule has 1 aromatic rings. The fraction of sp³-hybridized carbons (Fsp3) is 0.769. The van der Waals surface area contributed by atoms with E-state index in [1.165, 1.54) is 0 Å². The highest BCUT2D eigenvalue weighted by molar-refractivity contribution is 5.76. The summed E-state index contributed by atoms with van der Waals surface area (Å²) < 4.78 is 5.00. The maximum Gasteiger partial charge on any atom is 0.226 e. The van der Waals surface area contributed by atoms with Gasteiger partial charge in [-0.3, -0.25) is 4.79 Å². The van der Waals surface area contributed by atoms with Gasteiger partial charge in [-0.1, -0.05) is 19.0 Å². The number of nitrogens with two attached hydrogens (primary N) is 1. The van der Waals surface area contributed by atoms with E-state index in [0.29, 0.717) is 37.5 Å². The van der Waals surface area contributed by atoms with Crippen LogP contribution in [-0.4, -0.2) is 28.1 Å². The molecule has 0 aliphatic heterocycles. The number of aryl methyl sites for hydroxylation is 2. The van der Waals surface area contributed by atoms with Crippen LogP contribution in [0, 0.1) is 6.92 Å². The third-order valence-corrected chi connectivity index (χ3v) is 3.51. The molecule has 0 saturated carbocycles. The van der Waals surface area contributed by atoms with Crippen LogP contribution in [0.15, 0.2) is 4.52 Å². The van der Waals surface area contributed by atoms with E-state index in [2.05, 4.69) is 15.5 Å². The molecule has 19 heavy (non-hydrogen) atoms. The summed E-state index contributed by atoms with van der Waals surface area (Å²) in [5.74, 6) is 1.24. The highest BCUT2D eigenvalue weighted by atomic mass is 16.5. The van der Waals surface area contributed by atoms with Crippen molar-refractivity contribution in [3.05, 3.63) is 11.7 Å². The van der Waals surface area contributed by atoms with Gasteiger partial charge < -0.3 is 15.6 Å². The molecule has 0 spiro atoms. The van der Waals surface area contributed by atoms with Crippen LogP contribution in [0.4, 0.5) is 0 Å². The molecular weight excluding hydrogens is 244 g/mol. The lowest BCUT2D eigenvalue weighted by molar-refractivity contribution is -0.123. The molecule has 1 aromatic heterocycles. The van der Waals surface area contributed by atoms with Crippen molar-refractivity contribution in [1.29, 1.82) is 0 Å². The van der Waals surface area contributed by atoms with E-state index in [9.17, 15) is 4.79 Å². The Kier molecular flexibility index (Phi) is 5.95. The minimum atomic E-state index is -0.266. The monoisotopic (exact) mass is 268 g/mol. The highest BCUT2D eigenvalue weighted by Crippen LogP contribution is 2.13. The molecular formula is C13H24N4O2. The fourth-order valence-corrected chi connectivity index (χ4v) is 1.97. The van der Waals surface area contributed by atoms with Crippen molar-refractivity contribution < 1.29 is 9.32 Å². The van der Waals surface area contributed by atoms with Crippen LogP contribution in [0.5, 0.6) is 0 Å². The van der Waals surface area contributed by atoms with Gasteiger partial charge >= 0.3 is 0 Å². The quantitative estimate of drug-likeness (QED) is 0.742. The van der Waals surface area contributed by atoms with E-state index in [-0.39, 0.29) is 11.4 Å². The van der Waals surface area contributed by atoms with Gasteiger partial charge in [0, 0.05) is 19.4 Å². The van der Waals surface area contributed by atoms with Gasteiger partial charge in [-0.05, 0) is 26.2 Å². The van der Waals surface area contributed by atoms with Crippen molar-refractivity contribution in [3.8, 4) is 0 Å². The number of carbonyl (C=O) groups is 1. The van der Waals surface area contributed by atoms with E-state index < -0.39 is 0 Å². The van der Waals surface area contributed by atoms with Gasteiger partial charge in [0.1, 0.15) is 0 Å². The van der Waals surface area contributed by atoms with Crippen molar-refractivity contribution >= 4 is 5.91 Å². The standard InChI is InChI=1S/C13H24N4O2/c1-4-13(5-2,9-14)16-11(18)7-6-8-12-15-10(3)17-19-12/h4-9,14H2,1-3H3,(H,16,18). The molecule has 6 nitrogen and oxygen atoms in total. The fourth-order valence-electron chi connectivity index (χ4n) is 1.97. The second kappa shape index (κ2) is 7.23. The number of hydrogen-bond acceptors (Lipinski definition) is 5. The molecule has 0 bridgehead atoms. The van der Waals surface area contributed by atoms with Crippen LogP contribution in [-0.2, 0) is 11.2 Å². The molecule has 0 saturated heterocycles. The Morgan fingerprint density at radius 3 is 2.58 bits per heavy atom. The first-order valence-corrected chi connectivity index (χ1v) is 6.85. The Morgan fingerprint density at radius 1 is 1.42 bits per heavy atom. The Labute approximate surface area is 114 Å². The lowest BCUT2D eigenvalue weighted by Crippen LogP contribution is -2.52. The normalized spacial score (nSPS) is 11.6. The average molecular weight is 268 g/mol. The van der Waals surface area contributed by atoms with Gasteiger partial charge in [-0.15, -0.1) is 0 Å². The van der Waals surface area contributed by atoms with Crippen LogP contribution >= 0.6 is 0 Å². The first-order valence-electron chi connectivity index (χ1n) is 6.85. The summed E-state index contributed by atoms with van der Waals surface area (Å²) in [4.78, 5) is 16.0. The second-order valence-corrected chi connectivity index (χ2v) is 4.83. The van der Waals surface area contributed by atoms with Gasteiger partial charge in [0.2, 0.25) is 11.8 Å². The maximum atomic E-state index is 11.9. The van der Waals surface area contributed by atoms with Crippen molar-refractivity contribution in [1.82, 2.24) is 15.5 Å². The Bertz CT molecular complexity index is 391. The third-order valence-electron chi connectivity index (χ3n) is 3.51. The smallest absolute Gasteiger partial charge is 0.226 e. The summed E-state index contributed by atoms with van der Waals surface area (Å²) in [5.41, 5.74) is 5.49. The number of hydrogen-bond donors (Lipinski definition) is 2. The number of rotatable bonds is 8. The van der Waals surface area contributed by atoms with Crippen LogP contribution < -0.4 is 11.1 Å². The maximum absolute atomic E-state index is 11.9. The molecule has 1 rings (SSSR count). The molecule has 1 amide bonds. The molecule has 0 aromatic carbocycles. The number of nitrogens with one attached hydrogen (secondary N) is 1. The molecule has 0 unspecified atom stereocenters. The summed E-state index contributed by atoms with van der Waals surface area (Å²) in [6, 6.07) is 0. The minimum absolute atomic E-state index is 0.0328. The highest BCUT2D eigenvalue weighted by Gasteiger charge is 2.25. The summed E-state index contributed by atoms with van der Waals surface area (Å²) in [6.07, 6.45) is 3.45. The van der Waals surface area contributed by atoms with Crippen molar-refractivity contribution in [2.45, 2.75) is 58.4 Å². The molecule has 0 fully saturated rings. The van der Waals surface area contributed by atoms with Crippen LogP contribution in [0.3, 0.4) is 0 Å². The van der Waals surface area contributed by atoms with E-state index in [1.807, 2.05) is 13.8 Å². The minimum Gasteiger partial charge on any atom is -0.349 e. The van der Waals surface area contributed by atoms with Crippen LogP contribution in [0.2, 0.25) is 0 Å². The first kappa shape index (κ1) is 15.6. The SMILES string of the molecule is CCC(CC)(CN)NC(=O)CCCc1nc(C)no1. The largest absolute Gasteiger partial charge is 0.349 e. The number of carbonyl (C=O) groups excluding carboxylic acids is 1. The molecule has 0 aliphatic carbocycles. The number of aromatic nitrogens is 2. The van der Waals surface area contributed by atoms with Gasteiger partial charge in [-0.25, -0.2) is 0 Å². The van der Waals surface area contributed by atoms with E-state index >= 15 is 0 Å². The first-order chi connectivity index (χ1) is 9.05. The zero-order valence-electron chi connectivity index (χ0n) is 12.0. The molecule has 0 aliphatic rings. The lowest BCUT2D eigenvalue weighted by atomic mass is 9.92. The molecule has 6 heteroatoms. The summed E-state index contributed by atoms with van der Waals surface area (Å²) in [7, 11) is 0. The average Bonchev–Trinajstić information content (AvgIpc) is 2.82. The van der Waals surface area contributed by atoms with Crippen molar-refractivity contribution in [2.24, 2.45) is 5.73 Å². The van der Waals surface area contributed by atoms with Crippen LogP contribution in [0.1, 0.15) is 51.2 Å². The zero-order chi connectivity index (χ0) is 14.3. The van der Waals surface area contributed by atoms with Gasteiger partial charge in [0.25, 0.3) is 0 Å². The van der Waals surface area contributed by atoms with E-state index in [1.54, 1.807) is 6.92 Å². The predicted octanol–water partition coefficient (Wildman–Crippen LogP) is 1.33. The summed E-state index contributed by atoms with van der Waals surface area (Å²) in [6.45, 7) is 6.32. The molecule has 3 N–H and O–H groups in total. The Morgan fingerprint density at radius 2 is 2.11 bits per heavy atom. The molecule has 1 heterocycles. The summed E-state index contributed by atoms with van der Waals surface area (Å²) >= 11 is 0. The van der Waals surface area contributed by atoms with Gasteiger partial charge in [0.05, 0.1) is 5.54 Å². The van der Waals surface area contributed by atoms with Gasteiger partial charge in [0.15, 0.2) is 5.82 Å². The van der Waals surface area contributed by atoms with E-state index in [4.69, 9.17) is 10.3 Å². The molecule has 0 radical (unpaired) electrons. The zero-order valence-corrected chi connectivity index (χ0v) is 12.0.